The smallest absolute Gasteiger partial charge is 0.319 e. The molecular weight excluding hydrogens is 382 g/mol. The number of carbonyl (C=O) groups excluding carboxylic acids is 1. The van der Waals surface area contributed by atoms with Crippen molar-refractivity contribution in [3.05, 3.63) is 41.4 Å². The second-order valence-electron chi connectivity index (χ2n) is 6.77. The predicted octanol–water partition coefficient (Wildman–Crippen LogP) is 5.78. The second-order valence-corrected chi connectivity index (χ2v) is 8.21. The topological polar surface area (TPSA) is 74.2 Å². The number of aromatic hydroxyl groups is 1. The number of halogens is 1. The van der Waals surface area contributed by atoms with E-state index in [-0.39, 0.29) is 22.8 Å². The number of carbonyl (C=O) groups is 1. The zero-order valence-corrected chi connectivity index (χ0v) is 16.2. The first kappa shape index (κ1) is 18.1. The summed E-state index contributed by atoms with van der Waals surface area (Å²) < 4.78 is 1.02. The Balaban J connectivity index is 1.58. The molecule has 27 heavy (non-hydrogen) atoms. The molecule has 4 rings (SSSR count). The summed E-state index contributed by atoms with van der Waals surface area (Å²) in [5.41, 5.74) is 1.90. The van der Waals surface area contributed by atoms with Crippen LogP contribution in [0.5, 0.6) is 5.75 Å². The van der Waals surface area contributed by atoms with Crippen LogP contribution in [-0.2, 0) is 0 Å². The van der Waals surface area contributed by atoms with Crippen LogP contribution in [-0.4, -0.2) is 22.2 Å². The molecule has 0 saturated heterocycles. The SMILES string of the molecule is O=C(Nc1cc(Cl)c(O)c(-c2nc3ccccc3s2)c1)NC1CCCCC1. The average Bonchev–Trinajstić information content (AvgIpc) is 3.09. The molecule has 1 saturated carbocycles. The Kier molecular flexibility index (Phi) is 5.18. The molecule has 140 valence electrons. The molecule has 2 aromatic carbocycles. The van der Waals surface area contributed by atoms with E-state index in [1.54, 1.807) is 12.1 Å². The number of amides is 2. The van der Waals surface area contributed by atoms with E-state index in [0.29, 0.717) is 16.3 Å². The largest absolute Gasteiger partial charge is 0.506 e. The van der Waals surface area contributed by atoms with Crippen molar-refractivity contribution in [2.24, 2.45) is 0 Å². The fourth-order valence-electron chi connectivity index (χ4n) is 3.42. The van der Waals surface area contributed by atoms with Gasteiger partial charge in [0.15, 0.2) is 0 Å². The first-order chi connectivity index (χ1) is 13.1. The third-order valence-electron chi connectivity index (χ3n) is 4.79. The highest BCUT2D eigenvalue weighted by Gasteiger charge is 2.18. The van der Waals surface area contributed by atoms with E-state index in [0.717, 1.165) is 35.9 Å². The van der Waals surface area contributed by atoms with E-state index in [4.69, 9.17) is 11.6 Å². The maximum Gasteiger partial charge on any atom is 0.319 e. The van der Waals surface area contributed by atoms with Gasteiger partial charge in [-0.15, -0.1) is 11.3 Å². The van der Waals surface area contributed by atoms with Crippen LogP contribution in [0, 0.1) is 0 Å². The molecule has 7 heteroatoms. The summed E-state index contributed by atoms with van der Waals surface area (Å²) in [5, 5.41) is 17.1. The van der Waals surface area contributed by atoms with Crippen LogP contribution in [0.1, 0.15) is 32.1 Å². The molecule has 0 bridgehead atoms. The van der Waals surface area contributed by atoms with Crippen molar-refractivity contribution in [3.8, 4) is 16.3 Å². The lowest BCUT2D eigenvalue weighted by Gasteiger charge is -2.23. The van der Waals surface area contributed by atoms with Gasteiger partial charge in [-0.2, -0.15) is 0 Å². The van der Waals surface area contributed by atoms with Crippen molar-refractivity contribution < 1.29 is 9.90 Å². The van der Waals surface area contributed by atoms with E-state index in [2.05, 4.69) is 15.6 Å². The number of thiazole rings is 1. The Morgan fingerprint density at radius 3 is 2.74 bits per heavy atom. The lowest BCUT2D eigenvalue weighted by molar-refractivity contribution is 0.244. The highest BCUT2D eigenvalue weighted by molar-refractivity contribution is 7.21. The van der Waals surface area contributed by atoms with Gasteiger partial charge in [-0.25, -0.2) is 9.78 Å². The number of anilines is 1. The van der Waals surface area contributed by atoms with Crippen molar-refractivity contribution in [1.29, 1.82) is 0 Å². The van der Waals surface area contributed by atoms with Gasteiger partial charge in [-0.1, -0.05) is 43.0 Å². The van der Waals surface area contributed by atoms with Crippen LogP contribution >= 0.6 is 22.9 Å². The summed E-state index contributed by atoms with van der Waals surface area (Å²) >= 11 is 7.67. The van der Waals surface area contributed by atoms with Crippen molar-refractivity contribution >= 4 is 44.9 Å². The van der Waals surface area contributed by atoms with Crippen molar-refractivity contribution in [2.75, 3.05) is 5.32 Å². The normalized spacial score (nSPS) is 15.0. The molecule has 0 atom stereocenters. The lowest BCUT2D eigenvalue weighted by Crippen LogP contribution is -2.39. The summed E-state index contributed by atoms with van der Waals surface area (Å²) in [4.78, 5) is 16.9. The number of rotatable bonds is 3. The van der Waals surface area contributed by atoms with Gasteiger partial charge in [0.05, 0.1) is 20.8 Å². The number of benzene rings is 2. The van der Waals surface area contributed by atoms with E-state index in [1.165, 1.54) is 17.8 Å². The lowest BCUT2D eigenvalue weighted by atomic mass is 9.96. The number of hydrogen-bond acceptors (Lipinski definition) is 4. The van der Waals surface area contributed by atoms with Crippen LogP contribution < -0.4 is 10.6 Å². The van der Waals surface area contributed by atoms with Gasteiger partial charge in [0, 0.05) is 11.7 Å². The molecule has 0 aliphatic heterocycles. The van der Waals surface area contributed by atoms with Gasteiger partial charge >= 0.3 is 6.03 Å². The molecule has 0 radical (unpaired) electrons. The Morgan fingerprint density at radius 2 is 1.96 bits per heavy atom. The maximum atomic E-state index is 12.3. The molecular formula is C20H20ClN3O2S. The van der Waals surface area contributed by atoms with Gasteiger partial charge < -0.3 is 15.7 Å². The zero-order valence-electron chi connectivity index (χ0n) is 14.7. The molecule has 1 fully saturated rings. The molecule has 1 heterocycles. The molecule has 1 aliphatic rings. The van der Waals surface area contributed by atoms with Crippen molar-refractivity contribution in [3.63, 3.8) is 0 Å². The highest BCUT2D eigenvalue weighted by atomic mass is 35.5. The van der Waals surface area contributed by atoms with Crippen LogP contribution in [0.3, 0.4) is 0 Å². The first-order valence-electron chi connectivity index (χ1n) is 9.06. The number of urea groups is 1. The Bertz CT molecular complexity index is 950. The minimum atomic E-state index is -0.251. The summed E-state index contributed by atoms with van der Waals surface area (Å²) in [5.74, 6) is -0.0334. The number of hydrogen-bond donors (Lipinski definition) is 3. The van der Waals surface area contributed by atoms with Crippen LogP contribution in [0.4, 0.5) is 10.5 Å². The van der Waals surface area contributed by atoms with Gasteiger partial charge in [0.1, 0.15) is 10.8 Å². The maximum absolute atomic E-state index is 12.3. The van der Waals surface area contributed by atoms with Crippen molar-refractivity contribution in [2.45, 2.75) is 38.1 Å². The van der Waals surface area contributed by atoms with Crippen molar-refractivity contribution in [1.82, 2.24) is 10.3 Å². The Labute approximate surface area is 166 Å². The molecule has 3 N–H and O–H groups in total. The van der Waals surface area contributed by atoms with Gasteiger partial charge in [-0.05, 0) is 37.1 Å². The van der Waals surface area contributed by atoms with Gasteiger partial charge in [0.2, 0.25) is 0 Å². The number of nitrogens with zero attached hydrogens (tertiary/aromatic N) is 1. The minimum Gasteiger partial charge on any atom is -0.506 e. The summed E-state index contributed by atoms with van der Waals surface area (Å²) in [6.45, 7) is 0. The predicted molar refractivity (Wildman–Crippen MR) is 111 cm³/mol. The van der Waals surface area contributed by atoms with E-state index >= 15 is 0 Å². The molecule has 5 nitrogen and oxygen atoms in total. The number of phenolic OH excluding ortho intramolecular Hbond substituents is 1. The standard InChI is InChI=1S/C20H20ClN3O2S/c21-15-11-13(23-20(26)22-12-6-2-1-3-7-12)10-14(18(15)25)19-24-16-8-4-5-9-17(16)27-19/h4-5,8-12,25H,1-3,6-7H2,(H2,22,23,26). The van der Waals surface area contributed by atoms with E-state index in [1.807, 2.05) is 24.3 Å². The number of fused-ring (bicyclic) bond motifs is 1. The molecule has 0 unspecified atom stereocenters. The Morgan fingerprint density at radius 1 is 1.19 bits per heavy atom. The van der Waals surface area contributed by atoms with Crippen LogP contribution in [0.2, 0.25) is 5.02 Å². The fraction of sp³-hybridized carbons (Fsp3) is 0.300. The van der Waals surface area contributed by atoms with Crippen LogP contribution in [0.15, 0.2) is 36.4 Å². The van der Waals surface area contributed by atoms with Gasteiger partial charge in [0.25, 0.3) is 0 Å². The monoisotopic (exact) mass is 401 g/mol. The zero-order chi connectivity index (χ0) is 18.8. The van der Waals surface area contributed by atoms with E-state index < -0.39 is 0 Å². The summed E-state index contributed by atoms with van der Waals surface area (Å²) in [6.07, 6.45) is 5.57. The third kappa shape index (κ3) is 4.01. The second kappa shape index (κ2) is 7.74. The number of para-hydroxylation sites is 1. The van der Waals surface area contributed by atoms with Gasteiger partial charge in [-0.3, -0.25) is 0 Å². The molecule has 3 aromatic rings. The molecule has 1 aliphatic carbocycles. The third-order valence-corrected chi connectivity index (χ3v) is 6.14. The number of phenols is 1. The molecule has 1 aromatic heterocycles. The quantitative estimate of drug-likeness (QED) is 0.487. The molecule has 2 amide bonds. The first-order valence-corrected chi connectivity index (χ1v) is 10.3. The fourth-order valence-corrected chi connectivity index (χ4v) is 4.62. The number of aromatic nitrogens is 1. The van der Waals surface area contributed by atoms with Crippen LogP contribution in [0.25, 0.3) is 20.8 Å². The minimum absolute atomic E-state index is 0.0334. The Hall–Kier alpha value is -2.31. The number of nitrogens with one attached hydrogen (secondary N) is 2. The average molecular weight is 402 g/mol. The summed E-state index contributed by atoms with van der Waals surface area (Å²) in [6, 6.07) is 11.0. The summed E-state index contributed by atoms with van der Waals surface area (Å²) in [7, 11) is 0. The molecule has 0 spiro atoms. The highest BCUT2D eigenvalue weighted by Crippen LogP contribution is 2.41. The van der Waals surface area contributed by atoms with E-state index in [9.17, 15) is 9.90 Å².